The molecule has 1 N–H and O–H groups in total. The summed E-state index contributed by atoms with van der Waals surface area (Å²) in [6, 6.07) is 12.7. The monoisotopic (exact) mass is 421 g/mol. The molecule has 24 heavy (non-hydrogen) atoms. The summed E-state index contributed by atoms with van der Waals surface area (Å²) in [5.41, 5.74) is 3.58. The molecule has 2 aromatic rings. The second-order valence-electron chi connectivity index (χ2n) is 5.34. The van der Waals surface area contributed by atoms with Gasteiger partial charge in [-0.15, -0.1) is 12.6 Å². The van der Waals surface area contributed by atoms with E-state index in [0.717, 1.165) is 11.1 Å². The Morgan fingerprint density at radius 2 is 1.75 bits per heavy atom. The van der Waals surface area contributed by atoms with Crippen molar-refractivity contribution in [2.75, 3.05) is 3.93 Å². The molecule has 0 aliphatic rings. The van der Waals surface area contributed by atoms with E-state index in [-0.39, 0.29) is 15.9 Å². The van der Waals surface area contributed by atoms with E-state index in [2.05, 4.69) is 28.8 Å². The number of hydrogen-bond donors (Lipinski definition) is 2. The lowest BCUT2D eigenvalue weighted by Crippen LogP contribution is -2.15. The number of nitrogens with zero attached hydrogens (tertiary/aromatic N) is 1. The summed E-state index contributed by atoms with van der Waals surface area (Å²) in [7, 11) is 0. The molecule has 0 heterocycles. The third-order valence-electron chi connectivity index (χ3n) is 3.41. The van der Waals surface area contributed by atoms with Crippen LogP contribution in [-0.2, 0) is 0 Å². The zero-order valence-corrected chi connectivity index (χ0v) is 16.5. The summed E-state index contributed by atoms with van der Waals surface area (Å²) in [4.78, 5) is 12.6. The van der Waals surface area contributed by atoms with Gasteiger partial charge < -0.3 is 5.11 Å². The topological polar surface area (TPSA) is 40.5 Å². The number of aliphatic hydroxyl groups is 1. The molecule has 0 spiro atoms. The summed E-state index contributed by atoms with van der Waals surface area (Å²) in [5.74, 6) is -0.400. The maximum atomic E-state index is 12.6. The van der Waals surface area contributed by atoms with E-state index in [9.17, 15) is 9.90 Å². The Morgan fingerprint density at radius 3 is 2.33 bits per heavy atom. The molecule has 0 radical (unpaired) electrons. The van der Waals surface area contributed by atoms with E-state index in [4.69, 9.17) is 12.2 Å². The highest BCUT2D eigenvalue weighted by atomic mass is 79.9. The second kappa shape index (κ2) is 7.96. The van der Waals surface area contributed by atoms with Crippen LogP contribution in [0.5, 0.6) is 0 Å². The van der Waals surface area contributed by atoms with E-state index >= 15 is 0 Å². The lowest BCUT2D eigenvalue weighted by molar-refractivity contribution is 0.104. The van der Waals surface area contributed by atoms with Crippen molar-refractivity contribution >= 4 is 62.5 Å². The van der Waals surface area contributed by atoms with Gasteiger partial charge in [0.05, 0.1) is 21.8 Å². The SMILES string of the molecule is Cc1ccc(/C(O)=C/C(=O)c2cc(C)ccc2N(Br)C(=S)S)cc1. The number of ketones is 1. The molecular formula is C18H16BrNO2S2. The predicted octanol–water partition coefficient (Wildman–Crippen LogP) is 5.42. The second-order valence-corrected chi connectivity index (χ2v) is 7.17. The van der Waals surface area contributed by atoms with E-state index in [1.54, 1.807) is 24.3 Å². The van der Waals surface area contributed by atoms with Gasteiger partial charge in [-0.1, -0.05) is 53.7 Å². The Labute approximate surface area is 160 Å². The fraction of sp³-hybridized carbons (Fsp3) is 0.111. The predicted molar refractivity (Wildman–Crippen MR) is 110 cm³/mol. The maximum absolute atomic E-state index is 12.6. The van der Waals surface area contributed by atoms with Crippen LogP contribution in [-0.4, -0.2) is 15.2 Å². The number of thiocarbonyl (C=S) groups is 1. The van der Waals surface area contributed by atoms with Crippen LogP contribution in [0, 0.1) is 13.8 Å². The number of aryl methyl sites for hydroxylation is 2. The van der Waals surface area contributed by atoms with Gasteiger partial charge in [0.15, 0.2) is 5.78 Å². The fourth-order valence-electron chi connectivity index (χ4n) is 2.13. The molecule has 0 saturated heterocycles. The molecule has 0 amide bonds. The van der Waals surface area contributed by atoms with Gasteiger partial charge in [-0.2, -0.15) is 0 Å². The van der Waals surface area contributed by atoms with Crippen molar-refractivity contribution in [2.45, 2.75) is 13.8 Å². The standard InChI is InChI=1S/C18H16BrNO2S2/c1-11-3-6-13(7-4-11)16(21)10-17(22)14-9-12(2)5-8-15(14)20(19)18(23)24/h3-10,21H,1-2H3,(H,23,24)/b16-10-. The van der Waals surface area contributed by atoms with Crippen LogP contribution in [0.25, 0.3) is 5.76 Å². The van der Waals surface area contributed by atoms with Crippen molar-refractivity contribution in [3.63, 3.8) is 0 Å². The van der Waals surface area contributed by atoms with Gasteiger partial charge in [0.25, 0.3) is 0 Å². The van der Waals surface area contributed by atoms with Crippen LogP contribution < -0.4 is 3.93 Å². The first-order valence-electron chi connectivity index (χ1n) is 7.11. The molecule has 0 aliphatic heterocycles. The molecule has 0 saturated carbocycles. The van der Waals surface area contributed by atoms with Crippen LogP contribution in [0.3, 0.4) is 0 Å². The number of anilines is 1. The Morgan fingerprint density at radius 1 is 1.17 bits per heavy atom. The van der Waals surface area contributed by atoms with Gasteiger partial charge in [0.1, 0.15) is 10.1 Å². The Balaban J connectivity index is 2.42. The highest BCUT2D eigenvalue weighted by Crippen LogP contribution is 2.27. The van der Waals surface area contributed by atoms with E-state index in [1.165, 1.54) is 10.0 Å². The van der Waals surface area contributed by atoms with E-state index in [0.29, 0.717) is 16.8 Å². The molecule has 0 fully saturated rings. The molecule has 2 aromatic carbocycles. The third kappa shape index (κ3) is 4.47. The molecule has 0 bridgehead atoms. The number of thiol groups is 1. The van der Waals surface area contributed by atoms with Gasteiger partial charge in [-0.3, -0.25) is 8.72 Å². The number of aliphatic hydroxyl groups excluding tert-OH is 1. The largest absolute Gasteiger partial charge is 0.507 e. The molecule has 0 unspecified atom stereocenters. The molecule has 3 nitrogen and oxygen atoms in total. The summed E-state index contributed by atoms with van der Waals surface area (Å²) >= 11 is 12.4. The first-order valence-corrected chi connectivity index (χ1v) is 8.67. The number of hydrogen-bond acceptors (Lipinski definition) is 3. The molecule has 124 valence electrons. The van der Waals surface area contributed by atoms with Gasteiger partial charge in [0.2, 0.25) is 0 Å². The molecular weight excluding hydrogens is 406 g/mol. The van der Waals surface area contributed by atoms with E-state index < -0.39 is 0 Å². The highest BCUT2D eigenvalue weighted by molar-refractivity contribution is 9.10. The zero-order valence-electron chi connectivity index (χ0n) is 13.2. The first kappa shape index (κ1) is 18.7. The molecule has 0 aromatic heterocycles. The minimum Gasteiger partial charge on any atom is -0.507 e. The fourth-order valence-corrected chi connectivity index (χ4v) is 2.65. The van der Waals surface area contributed by atoms with Crippen molar-refractivity contribution in [3.8, 4) is 0 Å². The summed E-state index contributed by atoms with van der Waals surface area (Å²) in [5, 5.41) is 10.2. The van der Waals surface area contributed by atoms with Crippen molar-refractivity contribution in [1.82, 2.24) is 0 Å². The van der Waals surface area contributed by atoms with Crippen molar-refractivity contribution in [1.29, 1.82) is 0 Å². The summed E-state index contributed by atoms with van der Waals surface area (Å²) < 4.78 is 1.74. The number of carbonyl (C=O) groups excluding carboxylic acids is 1. The average molecular weight is 422 g/mol. The van der Waals surface area contributed by atoms with Crippen LogP contribution in [0.4, 0.5) is 5.69 Å². The number of carbonyl (C=O) groups is 1. The van der Waals surface area contributed by atoms with Crippen LogP contribution >= 0.6 is 41.0 Å². The minimum absolute atomic E-state index is 0.0815. The lowest BCUT2D eigenvalue weighted by atomic mass is 10.0. The normalized spacial score (nSPS) is 11.2. The molecule has 2 rings (SSSR count). The third-order valence-corrected chi connectivity index (χ3v) is 5.04. The highest BCUT2D eigenvalue weighted by Gasteiger charge is 2.17. The van der Waals surface area contributed by atoms with Crippen LogP contribution in [0.1, 0.15) is 27.0 Å². The van der Waals surface area contributed by atoms with Crippen LogP contribution in [0.2, 0.25) is 0 Å². The molecule has 0 aliphatic carbocycles. The van der Waals surface area contributed by atoms with Gasteiger partial charge in [0, 0.05) is 17.2 Å². The Bertz CT molecular complexity index is 816. The van der Waals surface area contributed by atoms with E-state index in [1.807, 2.05) is 32.0 Å². The molecule has 6 heteroatoms. The Hall–Kier alpha value is -1.63. The summed E-state index contributed by atoms with van der Waals surface area (Å²) in [6.45, 7) is 3.85. The number of rotatable bonds is 4. The minimum atomic E-state index is -0.319. The van der Waals surface area contributed by atoms with Gasteiger partial charge in [-0.05, 0) is 26.0 Å². The van der Waals surface area contributed by atoms with Gasteiger partial charge in [-0.25, -0.2) is 0 Å². The van der Waals surface area contributed by atoms with Crippen LogP contribution in [0.15, 0.2) is 48.5 Å². The lowest BCUT2D eigenvalue weighted by Gasteiger charge is -2.17. The van der Waals surface area contributed by atoms with Crippen molar-refractivity contribution in [3.05, 3.63) is 70.8 Å². The number of allylic oxidation sites excluding steroid dienone is 1. The van der Waals surface area contributed by atoms with Crippen molar-refractivity contribution in [2.24, 2.45) is 0 Å². The number of benzene rings is 2. The first-order chi connectivity index (χ1) is 11.3. The zero-order chi connectivity index (χ0) is 17.9. The average Bonchev–Trinajstić information content (AvgIpc) is 2.54. The van der Waals surface area contributed by atoms with Crippen molar-refractivity contribution < 1.29 is 9.90 Å². The Kier molecular flexibility index (Phi) is 6.21. The smallest absolute Gasteiger partial charge is 0.191 e. The summed E-state index contributed by atoms with van der Waals surface area (Å²) in [6.07, 6.45) is 1.21. The van der Waals surface area contributed by atoms with Gasteiger partial charge >= 0.3 is 0 Å². The number of halogens is 1. The maximum Gasteiger partial charge on any atom is 0.191 e. The quantitative estimate of drug-likeness (QED) is 0.173. The molecule has 0 atom stereocenters.